The normalized spacial score (nSPS) is 10.4. The molecule has 3 N–H and O–H groups in total. The lowest BCUT2D eigenvalue weighted by molar-refractivity contribution is -0.137. The predicted molar refractivity (Wildman–Crippen MR) is 75.8 cm³/mol. The highest BCUT2D eigenvalue weighted by atomic mass is 19.4. The van der Waals surface area contributed by atoms with E-state index < -0.39 is 17.7 Å². The molecular weight excluding hydrogens is 315 g/mol. The predicted octanol–water partition coefficient (Wildman–Crippen LogP) is 2.69. The van der Waals surface area contributed by atoms with Gasteiger partial charge >= 0.3 is 12.1 Å². The van der Waals surface area contributed by atoms with Crippen molar-refractivity contribution in [2.45, 2.75) is 13.1 Å². The summed E-state index contributed by atoms with van der Waals surface area (Å²) < 4.78 is 40.6. The van der Waals surface area contributed by atoms with E-state index in [-0.39, 0.29) is 11.3 Å². The van der Waals surface area contributed by atoms with Crippen LogP contribution in [0.4, 0.5) is 19.0 Å². The Kier molecular flexibility index (Phi) is 6.31. The zero-order chi connectivity index (χ0) is 17.5. The fourth-order valence-corrected chi connectivity index (χ4v) is 1.43. The third-order valence-electron chi connectivity index (χ3n) is 2.43. The van der Waals surface area contributed by atoms with Gasteiger partial charge in [0, 0.05) is 11.6 Å². The average Bonchev–Trinajstić information content (AvgIpc) is 2.94. The van der Waals surface area contributed by atoms with E-state index in [1.54, 1.807) is 6.92 Å². The minimum absolute atomic E-state index is 0.0322. The van der Waals surface area contributed by atoms with E-state index in [2.05, 4.69) is 14.9 Å². The Bertz CT molecular complexity index is 669. The van der Waals surface area contributed by atoms with Gasteiger partial charge in [-0.15, -0.1) is 0 Å². The Morgan fingerprint density at radius 1 is 1.39 bits per heavy atom. The largest absolute Gasteiger partial charge is 0.461 e. The number of carbonyl (C=O) groups excluding carboxylic acids is 2. The Balaban J connectivity index is 0.000000231. The molecule has 1 aromatic carbocycles. The molecule has 0 aliphatic rings. The number of anilines is 1. The molecule has 0 aliphatic carbocycles. The number of aldehydes is 1. The van der Waals surface area contributed by atoms with Crippen LogP contribution in [0.1, 0.15) is 33.3 Å². The molecule has 0 unspecified atom stereocenters. The van der Waals surface area contributed by atoms with E-state index in [1.807, 2.05) is 0 Å². The van der Waals surface area contributed by atoms with Crippen molar-refractivity contribution in [1.82, 2.24) is 10.2 Å². The summed E-state index contributed by atoms with van der Waals surface area (Å²) in [5.74, 6) is -0.103. The van der Waals surface area contributed by atoms with Crippen molar-refractivity contribution >= 4 is 18.1 Å². The standard InChI is InChI=1S/C8H5F3O.C6H9N3O2/c9-8(10,11)7-3-1-2-6(4-7)5-12;1-2-11-6(10)4-3-5(7)9-8-4/h1-5H;3H,2H2,1H3,(H3,7,8,9). The highest BCUT2D eigenvalue weighted by molar-refractivity contribution is 5.87. The van der Waals surface area contributed by atoms with Crippen molar-refractivity contribution in [3.8, 4) is 0 Å². The van der Waals surface area contributed by atoms with Crippen LogP contribution in [0.15, 0.2) is 30.3 Å². The molecule has 1 aromatic heterocycles. The summed E-state index contributed by atoms with van der Waals surface area (Å²) in [6.45, 7) is 2.07. The van der Waals surface area contributed by atoms with Crippen molar-refractivity contribution in [1.29, 1.82) is 0 Å². The molecule has 6 nitrogen and oxygen atoms in total. The van der Waals surface area contributed by atoms with Crippen molar-refractivity contribution in [2.75, 3.05) is 12.3 Å². The van der Waals surface area contributed by atoms with Gasteiger partial charge in [-0.25, -0.2) is 4.79 Å². The number of nitrogens with one attached hydrogen (secondary N) is 1. The number of nitrogens with two attached hydrogens (primary N) is 1. The molecule has 124 valence electrons. The number of aromatic amines is 1. The average molecular weight is 329 g/mol. The van der Waals surface area contributed by atoms with Gasteiger partial charge < -0.3 is 10.5 Å². The Morgan fingerprint density at radius 3 is 2.57 bits per heavy atom. The van der Waals surface area contributed by atoms with Crippen molar-refractivity contribution in [3.05, 3.63) is 47.2 Å². The maximum atomic E-state index is 12.0. The Morgan fingerprint density at radius 2 is 2.09 bits per heavy atom. The molecule has 1 heterocycles. The zero-order valence-electron chi connectivity index (χ0n) is 12.1. The third kappa shape index (κ3) is 5.81. The molecule has 0 saturated carbocycles. The van der Waals surface area contributed by atoms with Gasteiger partial charge in [0.1, 0.15) is 12.1 Å². The maximum Gasteiger partial charge on any atom is 0.416 e. The smallest absolute Gasteiger partial charge is 0.416 e. The lowest BCUT2D eigenvalue weighted by atomic mass is 10.1. The van der Waals surface area contributed by atoms with Crippen LogP contribution in [-0.4, -0.2) is 29.1 Å². The Labute approximate surface area is 129 Å². The molecule has 0 radical (unpaired) electrons. The number of alkyl halides is 3. The number of halogens is 3. The quantitative estimate of drug-likeness (QED) is 0.666. The van der Waals surface area contributed by atoms with Crippen LogP contribution in [0.3, 0.4) is 0 Å². The first-order chi connectivity index (χ1) is 10.8. The topological polar surface area (TPSA) is 98.1 Å². The number of aromatic nitrogens is 2. The SMILES string of the molecule is CCOC(=O)c1cc(N)[nH]n1.O=Cc1cccc(C(F)(F)F)c1. The lowest BCUT2D eigenvalue weighted by Crippen LogP contribution is -2.04. The van der Waals surface area contributed by atoms with Crippen molar-refractivity contribution < 1.29 is 27.5 Å². The highest BCUT2D eigenvalue weighted by Gasteiger charge is 2.30. The molecule has 0 aliphatic heterocycles. The molecule has 2 rings (SSSR count). The minimum Gasteiger partial charge on any atom is -0.461 e. The fraction of sp³-hybridized carbons (Fsp3) is 0.214. The number of nitrogens with zero attached hydrogens (tertiary/aromatic N) is 1. The fourth-order valence-electron chi connectivity index (χ4n) is 1.43. The second-order valence-corrected chi connectivity index (χ2v) is 4.17. The van der Waals surface area contributed by atoms with E-state index in [9.17, 15) is 22.8 Å². The van der Waals surface area contributed by atoms with Gasteiger partial charge in [-0.1, -0.05) is 12.1 Å². The third-order valence-corrected chi connectivity index (χ3v) is 2.43. The number of H-pyrrole nitrogens is 1. The van der Waals surface area contributed by atoms with E-state index in [1.165, 1.54) is 18.2 Å². The summed E-state index contributed by atoms with van der Waals surface area (Å²) in [6, 6.07) is 5.69. The number of nitrogen functional groups attached to an aromatic ring is 1. The summed E-state index contributed by atoms with van der Waals surface area (Å²) >= 11 is 0. The Hall–Kier alpha value is -2.84. The monoisotopic (exact) mass is 329 g/mol. The molecule has 0 fully saturated rings. The number of rotatable bonds is 3. The summed E-state index contributed by atoms with van der Waals surface area (Å²) in [5, 5.41) is 6.04. The van der Waals surface area contributed by atoms with Crippen LogP contribution in [0, 0.1) is 0 Å². The molecule has 2 aromatic rings. The minimum atomic E-state index is -4.38. The summed E-state index contributed by atoms with van der Waals surface area (Å²) in [7, 11) is 0. The first-order valence-corrected chi connectivity index (χ1v) is 6.38. The van der Waals surface area contributed by atoms with Crippen LogP contribution in [0.2, 0.25) is 0 Å². The number of hydrogen-bond donors (Lipinski definition) is 2. The maximum absolute atomic E-state index is 12.0. The van der Waals surface area contributed by atoms with Gasteiger partial charge in [-0.2, -0.15) is 18.3 Å². The molecule has 0 saturated heterocycles. The second-order valence-electron chi connectivity index (χ2n) is 4.17. The van der Waals surface area contributed by atoms with Crippen LogP contribution in [0.5, 0.6) is 0 Å². The molecule has 23 heavy (non-hydrogen) atoms. The van der Waals surface area contributed by atoms with Gasteiger partial charge in [0.2, 0.25) is 0 Å². The molecular formula is C14H14F3N3O3. The molecule has 9 heteroatoms. The van der Waals surface area contributed by atoms with Gasteiger partial charge in [0.25, 0.3) is 0 Å². The van der Waals surface area contributed by atoms with E-state index in [0.29, 0.717) is 18.7 Å². The first-order valence-electron chi connectivity index (χ1n) is 6.38. The number of carbonyl (C=O) groups is 2. The summed E-state index contributed by atoms with van der Waals surface area (Å²) in [5.41, 5.74) is 4.73. The van der Waals surface area contributed by atoms with Crippen LogP contribution in [-0.2, 0) is 10.9 Å². The highest BCUT2D eigenvalue weighted by Crippen LogP contribution is 2.29. The molecule has 0 spiro atoms. The number of ether oxygens (including phenoxy) is 1. The zero-order valence-corrected chi connectivity index (χ0v) is 12.1. The van der Waals surface area contributed by atoms with Gasteiger partial charge in [-0.3, -0.25) is 9.89 Å². The lowest BCUT2D eigenvalue weighted by Gasteiger charge is -2.05. The molecule has 0 amide bonds. The molecule has 0 bridgehead atoms. The summed E-state index contributed by atoms with van der Waals surface area (Å²) in [4.78, 5) is 21.0. The van der Waals surface area contributed by atoms with E-state index in [4.69, 9.17) is 5.73 Å². The number of esters is 1. The molecule has 0 atom stereocenters. The van der Waals surface area contributed by atoms with E-state index >= 15 is 0 Å². The van der Waals surface area contributed by atoms with Gasteiger partial charge in [0.15, 0.2) is 5.69 Å². The van der Waals surface area contributed by atoms with E-state index in [0.717, 1.165) is 12.1 Å². The van der Waals surface area contributed by atoms with Crippen LogP contribution >= 0.6 is 0 Å². The van der Waals surface area contributed by atoms with Gasteiger partial charge in [-0.05, 0) is 19.1 Å². The van der Waals surface area contributed by atoms with Crippen molar-refractivity contribution in [2.24, 2.45) is 0 Å². The summed E-state index contributed by atoms with van der Waals surface area (Å²) in [6.07, 6.45) is -3.99. The number of hydrogen-bond acceptors (Lipinski definition) is 5. The van der Waals surface area contributed by atoms with Crippen molar-refractivity contribution in [3.63, 3.8) is 0 Å². The van der Waals surface area contributed by atoms with Crippen LogP contribution in [0.25, 0.3) is 0 Å². The van der Waals surface area contributed by atoms with Crippen LogP contribution < -0.4 is 5.73 Å². The second kappa shape index (κ2) is 7.97. The first kappa shape index (κ1) is 18.2. The number of benzene rings is 1. The van der Waals surface area contributed by atoms with Gasteiger partial charge in [0.05, 0.1) is 12.2 Å².